The van der Waals surface area contributed by atoms with Gasteiger partial charge in [0.15, 0.2) is 5.82 Å². The Hall–Kier alpha value is -2.21. The Morgan fingerprint density at radius 3 is 2.91 bits per heavy atom. The van der Waals surface area contributed by atoms with Crippen molar-refractivity contribution in [2.24, 2.45) is 5.92 Å². The summed E-state index contributed by atoms with van der Waals surface area (Å²) in [6.45, 7) is 2.09. The number of hydrogen-bond acceptors (Lipinski definition) is 5. The van der Waals surface area contributed by atoms with E-state index in [1.54, 1.807) is 19.2 Å². The van der Waals surface area contributed by atoms with E-state index in [0.717, 1.165) is 5.69 Å². The van der Waals surface area contributed by atoms with E-state index in [1.165, 1.54) is 12.8 Å². The van der Waals surface area contributed by atoms with Gasteiger partial charge in [-0.1, -0.05) is 11.2 Å². The zero-order valence-electron chi connectivity index (χ0n) is 12.8. The largest absolute Gasteiger partial charge is 0.360 e. The van der Waals surface area contributed by atoms with E-state index in [1.807, 2.05) is 25.2 Å². The van der Waals surface area contributed by atoms with Crippen LogP contribution in [0.15, 0.2) is 35.0 Å². The van der Waals surface area contributed by atoms with Crippen molar-refractivity contribution in [2.75, 3.05) is 18.9 Å². The molecule has 0 aliphatic heterocycles. The topological polar surface area (TPSA) is 71.3 Å². The number of nitrogens with zero attached hydrogens (tertiary/aromatic N) is 3. The highest BCUT2D eigenvalue weighted by atomic mass is 16.5. The third-order valence-electron chi connectivity index (χ3n) is 3.82. The molecule has 0 bridgehead atoms. The third-order valence-corrected chi connectivity index (χ3v) is 3.82. The molecule has 0 saturated heterocycles. The molecule has 2 aromatic heterocycles. The average Bonchev–Trinajstić information content (AvgIpc) is 3.23. The highest BCUT2D eigenvalue weighted by molar-refractivity contribution is 5.91. The molecule has 1 N–H and O–H groups in total. The zero-order valence-corrected chi connectivity index (χ0v) is 12.8. The fraction of sp³-hybridized carbons (Fsp3) is 0.438. The molecule has 2 heterocycles. The van der Waals surface area contributed by atoms with Crippen LogP contribution in [0.4, 0.5) is 5.82 Å². The number of likely N-dealkylation sites (N-methyl/N-ethyl adjacent to an activating group) is 1. The van der Waals surface area contributed by atoms with Crippen molar-refractivity contribution in [3.8, 4) is 0 Å². The summed E-state index contributed by atoms with van der Waals surface area (Å²) in [7, 11) is 1.96. The van der Waals surface area contributed by atoms with Gasteiger partial charge >= 0.3 is 0 Å². The van der Waals surface area contributed by atoms with E-state index in [0.29, 0.717) is 24.0 Å². The first-order chi connectivity index (χ1) is 10.6. The Kier molecular flexibility index (Phi) is 4.20. The summed E-state index contributed by atoms with van der Waals surface area (Å²) in [4.78, 5) is 18.7. The molecule has 1 amide bonds. The summed E-state index contributed by atoms with van der Waals surface area (Å²) in [6.07, 6.45) is 4.18. The Balaban J connectivity index is 1.64. The molecule has 0 radical (unpaired) electrons. The fourth-order valence-corrected chi connectivity index (χ4v) is 2.72. The number of anilines is 1. The van der Waals surface area contributed by atoms with Crippen molar-refractivity contribution >= 4 is 11.7 Å². The SMILES string of the molecule is Cc1cc(NC(=O)CN(C)[C@H](c2ccccn2)C2CC2)no1. The van der Waals surface area contributed by atoms with Crippen LogP contribution < -0.4 is 5.32 Å². The quantitative estimate of drug-likeness (QED) is 0.887. The van der Waals surface area contributed by atoms with Crippen LogP contribution in [0, 0.1) is 12.8 Å². The number of carbonyl (C=O) groups is 1. The lowest BCUT2D eigenvalue weighted by Crippen LogP contribution is -2.34. The van der Waals surface area contributed by atoms with E-state index >= 15 is 0 Å². The van der Waals surface area contributed by atoms with Crippen molar-refractivity contribution in [1.82, 2.24) is 15.0 Å². The lowest BCUT2D eigenvalue weighted by atomic mass is 10.1. The molecule has 1 aliphatic carbocycles. The maximum atomic E-state index is 12.2. The molecule has 0 spiro atoms. The molecule has 22 heavy (non-hydrogen) atoms. The van der Waals surface area contributed by atoms with Gasteiger partial charge in [0.05, 0.1) is 18.3 Å². The summed E-state index contributed by atoms with van der Waals surface area (Å²) in [5, 5.41) is 6.53. The van der Waals surface area contributed by atoms with Crippen LogP contribution in [0.1, 0.15) is 30.3 Å². The van der Waals surface area contributed by atoms with E-state index in [9.17, 15) is 4.79 Å². The highest BCUT2D eigenvalue weighted by Gasteiger charge is 2.36. The Labute approximate surface area is 129 Å². The van der Waals surface area contributed by atoms with Crippen LogP contribution in [0.5, 0.6) is 0 Å². The highest BCUT2D eigenvalue weighted by Crippen LogP contribution is 2.43. The van der Waals surface area contributed by atoms with Crippen molar-refractivity contribution in [1.29, 1.82) is 0 Å². The zero-order chi connectivity index (χ0) is 15.5. The fourth-order valence-electron chi connectivity index (χ4n) is 2.72. The minimum Gasteiger partial charge on any atom is -0.360 e. The molecule has 2 aromatic rings. The predicted octanol–water partition coefficient (Wildman–Crippen LogP) is 2.40. The molecule has 116 valence electrons. The van der Waals surface area contributed by atoms with Gasteiger partial charge in [-0.15, -0.1) is 0 Å². The number of aromatic nitrogens is 2. The summed E-state index contributed by atoms with van der Waals surface area (Å²) in [6, 6.07) is 7.82. The number of pyridine rings is 1. The number of rotatable bonds is 6. The first kappa shape index (κ1) is 14.7. The molecule has 1 saturated carbocycles. The summed E-state index contributed by atoms with van der Waals surface area (Å²) >= 11 is 0. The summed E-state index contributed by atoms with van der Waals surface area (Å²) in [5.74, 6) is 1.61. The van der Waals surface area contributed by atoms with Crippen LogP contribution in [0.3, 0.4) is 0 Å². The minimum absolute atomic E-state index is 0.0996. The van der Waals surface area contributed by atoms with E-state index in [4.69, 9.17) is 4.52 Å². The van der Waals surface area contributed by atoms with Crippen molar-refractivity contribution in [2.45, 2.75) is 25.8 Å². The van der Waals surface area contributed by atoms with Gasteiger partial charge in [0.1, 0.15) is 5.76 Å². The van der Waals surface area contributed by atoms with Crippen LogP contribution in [0.25, 0.3) is 0 Å². The van der Waals surface area contributed by atoms with Gasteiger partial charge in [-0.3, -0.25) is 14.7 Å². The summed E-state index contributed by atoms with van der Waals surface area (Å²) in [5.41, 5.74) is 1.03. The monoisotopic (exact) mass is 300 g/mol. The van der Waals surface area contributed by atoms with Gasteiger partial charge < -0.3 is 9.84 Å². The van der Waals surface area contributed by atoms with Gasteiger partial charge in [-0.05, 0) is 44.9 Å². The average molecular weight is 300 g/mol. The van der Waals surface area contributed by atoms with E-state index in [2.05, 4.69) is 20.4 Å². The molecule has 3 rings (SSSR count). The van der Waals surface area contributed by atoms with Gasteiger partial charge in [-0.2, -0.15) is 0 Å². The maximum Gasteiger partial charge on any atom is 0.239 e. The lowest BCUT2D eigenvalue weighted by molar-refractivity contribution is -0.117. The minimum atomic E-state index is -0.0996. The smallest absolute Gasteiger partial charge is 0.239 e. The van der Waals surface area contributed by atoms with Crippen LogP contribution in [-0.2, 0) is 4.79 Å². The molecule has 0 aromatic carbocycles. The molecular formula is C16H20N4O2. The second kappa shape index (κ2) is 6.27. The Bertz CT molecular complexity index is 637. The molecule has 1 aliphatic rings. The van der Waals surface area contributed by atoms with Crippen molar-refractivity contribution in [3.05, 3.63) is 41.9 Å². The molecular weight excluding hydrogens is 280 g/mol. The Morgan fingerprint density at radius 1 is 1.50 bits per heavy atom. The van der Waals surface area contributed by atoms with Crippen LogP contribution in [0.2, 0.25) is 0 Å². The Morgan fingerprint density at radius 2 is 2.32 bits per heavy atom. The second-order valence-corrected chi connectivity index (χ2v) is 5.82. The van der Waals surface area contributed by atoms with E-state index < -0.39 is 0 Å². The van der Waals surface area contributed by atoms with Gasteiger partial charge in [0.25, 0.3) is 0 Å². The molecule has 6 nitrogen and oxygen atoms in total. The standard InChI is InChI=1S/C16H20N4O2/c1-11-9-14(19-22-11)18-15(21)10-20(2)16(12-6-7-12)13-5-3-4-8-17-13/h3-5,8-9,12,16H,6-7,10H2,1-2H3,(H,18,19,21)/t16-/m0/s1. The number of aryl methyl sites for hydroxylation is 1. The molecule has 6 heteroatoms. The number of amides is 1. The van der Waals surface area contributed by atoms with Gasteiger partial charge in [0.2, 0.25) is 5.91 Å². The van der Waals surface area contributed by atoms with Crippen molar-refractivity contribution in [3.63, 3.8) is 0 Å². The number of hydrogen-bond donors (Lipinski definition) is 1. The van der Waals surface area contributed by atoms with Gasteiger partial charge in [0, 0.05) is 12.3 Å². The molecule has 1 fully saturated rings. The number of carbonyl (C=O) groups excluding carboxylic acids is 1. The number of nitrogens with one attached hydrogen (secondary N) is 1. The first-order valence-electron chi connectivity index (χ1n) is 7.48. The van der Waals surface area contributed by atoms with Crippen LogP contribution >= 0.6 is 0 Å². The molecule has 1 atom stereocenters. The van der Waals surface area contributed by atoms with Crippen molar-refractivity contribution < 1.29 is 9.32 Å². The van der Waals surface area contributed by atoms with Crippen LogP contribution in [-0.4, -0.2) is 34.5 Å². The molecule has 0 unspecified atom stereocenters. The maximum absolute atomic E-state index is 12.2. The normalized spacial score (nSPS) is 15.8. The van der Waals surface area contributed by atoms with Gasteiger partial charge in [-0.25, -0.2) is 0 Å². The second-order valence-electron chi connectivity index (χ2n) is 5.82. The lowest BCUT2D eigenvalue weighted by Gasteiger charge is -2.27. The summed E-state index contributed by atoms with van der Waals surface area (Å²) < 4.78 is 4.95. The van der Waals surface area contributed by atoms with E-state index in [-0.39, 0.29) is 11.9 Å². The third kappa shape index (κ3) is 3.51. The first-order valence-corrected chi connectivity index (χ1v) is 7.48. The predicted molar refractivity (Wildman–Crippen MR) is 82.2 cm³/mol.